The second-order valence-electron chi connectivity index (χ2n) is 5.54. The molecule has 3 rings (SSSR count). The van der Waals surface area contributed by atoms with E-state index in [0.29, 0.717) is 9.79 Å². The van der Waals surface area contributed by atoms with Gasteiger partial charge in [-0.25, -0.2) is 4.39 Å². The number of nitrogens with zero attached hydrogens (tertiary/aromatic N) is 2. The standard InChI is InChI=1S/C19H14FN3O3S/c20-15-4-6-16(7-5-15)27-18-8-3-14(10-17(18)23(25)26)19(24)22-12-13-2-1-9-21-11-13/h1-11H,12H2,(H,22,24). The molecule has 1 heterocycles. The van der Waals surface area contributed by atoms with Crippen molar-refractivity contribution in [2.75, 3.05) is 0 Å². The van der Waals surface area contributed by atoms with Gasteiger partial charge in [-0.3, -0.25) is 19.9 Å². The molecule has 3 aromatic rings. The molecule has 27 heavy (non-hydrogen) atoms. The van der Waals surface area contributed by atoms with E-state index in [1.54, 1.807) is 18.5 Å². The Kier molecular flexibility index (Phi) is 5.77. The normalized spacial score (nSPS) is 10.4. The van der Waals surface area contributed by atoms with Crippen LogP contribution in [-0.4, -0.2) is 15.8 Å². The van der Waals surface area contributed by atoms with Crippen LogP contribution in [0.15, 0.2) is 76.8 Å². The first-order valence-electron chi connectivity index (χ1n) is 7.92. The van der Waals surface area contributed by atoms with Crippen molar-refractivity contribution in [3.63, 3.8) is 0 Å². The zero-order valence-electron chi connectivity index (χ0n) is 14.0. The molecule has 0 atom stereocenters. The zero-order valence-corrected chi connectivity index (χ0v) is 14.8. The smallest absolute Gasteiger partial charge is 0.284 e. The molecule has 0 fully saturated rings. The number of nitrogens with one attached hydrogen (secondary N) is 1. The van der Waals surface area contributed by atoms with Gasteiger partial charge in [-0.1, -0.05) is 17.8 Å². The van der Waals surface area contributed by atoms with Gasteiger partial charge in [0.15, 0.2) is 0 Å². The van der Waals surface area contributed by atoms with Crippen LogP contribution in [0.3, 0.4) is 0 Å². The minimum atomic E-state index is -0.538. The predicted octanol–water partition coefficient (Wildman–Crippen LogP) is 4.21. The van der Waals surface area contributed by atoms with Gasteiger partial charge in [0.2, 0.25) is 0 Å². The van der Waals surface area contributed by atoms with Gasteiger partial charge < -0.3 is 5.32 Å². The molecule has 0 saturated carbocycles. The lowest BCUT2D eigenvalue weighted by Gasteiger charge is -2.07. The Bertz CT molecular complexity index is 966. The molecule has 0 bridgehead atoms. The Morgan fingerprint density at radius 3 is 2.63 bits per heavy atom. The van der Waals surface area contributed by atoms with Crippen LogP contribution in [0.5, 0.6) is 0 Å². The van der Waals surface area contributed by atoms with Gasteiger partial charge in [0.05, 0.1) is 9.82 Å². The average molecular weight is 383 g/mol. The van der Waals surface area contributed by atoms with Crippen molar-refractivity contribution in [2.24, 2.45) is 0 Å². The number of halogens is 1. The van der Waals surface area contributed by atoms with Crippen molar-refractivity contribution in [1.82, 2.24) is 10.3 Å². The van der Waals surface area contributed by atoms with Gasteiger partial charge in [-0.05, 0) is 48.0 Å². The van der Waals surface area contributed by atoms with Crippen molar-refractivity contribution in [3.05, 3.63) is 94.0 Å². The van der Waals surface area contributed by atoms with E-state index in [1.165, 1.54) is 42.5 Å². The largest absolute Gasteiger partial charge is 0.348 e. The maximum absolute atomic E-state index is 13.0. The molecule has 0 aliphatic carbocycles. The lowest BCUT2D eigenvalue weighted by Crippen LogP contribution is -2.22. The molecule has 0 aliphatic heterocycles. The molecule has 1 aromatic heterocycles. The molecule has 2 aromatic carbocycles. The van der Waals surface area contributed by atoms with E-state index in [2.05, 4.69) is 10.3 Å². The first-order valence-corrected chi connectivity index (χ1v) is 8.73. The van der Waals surface area contributed by atoms with Crippen LogP contribution in [0.2, 0.25) is 0 Å². The van der Waals surface area contributed by atoms with Crippen LogP contribution >= 0.6 is 11.8 Å². The van der Waals surface area contributed by atoms with Crippen LogP contribution in [0.1, 0.15) is 15.9 Å². The highest BCUT2D eigenvalue weighted by molar-refractivity contribution is 7.99. The van der Waals surface area contributed by atoms with Gasteiger partial charge >= 0.3 is 0 Å². The summed E-state index contributed by atoms with van der Waals surface area (Å²) in [6.45, 7) is 0.270. The van der Waals surface area contributed by atoms with E-state index in [4.69, 9.17) is 0 Å². The number of hydrogen-bond acceptors (Lipinski definition) is 5. The number of carbonyl (C=O) groups is 1. The average Bonchev–Trinajstić information content (AvgIpc) is 2.69. The highest BCUT2D eigenvalue weighted by Crippen LogP contribution is 2.35. The van der Waals surface area contributed by atoms with Crippen LogP contribution < -0.4 is 5.32 Å². The number of rotatable bonds is 6. The third-order valence-electron chi connectivity index (χ3n) is 3.64. The highest BCUT2D eigenvalue weighted by Gasteiger charge is 2.18. The summed E-state index contributed by atoms with van der Waals surface area (Å²) in [6, 6.07) is 13.5. The number of carbonyl (C=O) groups excluding carboxylic acids is 1. The number of amides is 1. The molecule has 1 amide bonds. The lowest BCUT2D eigenvalue weighted by molar-refractivity contribution is -0.387. The van der Waals surface area contributed by atoms with Crippen molar-refractivity contribution in [1.29, 1.82) is 0 Å². The third kappa shape index (κ3) is 4.89. The number of benzene rings is 2. The SMILES string of the molecule is O=C(NCc1cccnc1)c1ccc(Sc2ccc(F)cc2)c([N+](=O)[O-])c1. The molecular formula is C19H14FN3O3S. The fourth-order valence-corrected chi connectivity index (χ4v) is 3.20. The van der Waals surface area contributed by atoms with Gasteiger partial charge in [-0.2, -0.15) is 0 Å². The summed E-state index contributed by atoms with van der Waals surface area (Å²) in [7, 11) is 0. The summed E-state index contributed by atoms with van der Waals surface area (Å²) in [4.78, 5) is 28.2. The van der Waals surface area contributed by atoms with E-state index in [-0.39, 0.29) is 23.6 Å². The third-order valence-corrected chi connectivity index (χ3v) is 4.71. The van der Waals surface area contributed by atoms with E-state index >= 15 is 0 Å². The molecule has 136 valence electrons. The molecule has 0 spiro atoms. The predicted molar refractivity (Wildman–Crippen MR) is 99.0 cm³/mol. The van der Waals surface area contributed by atoms with E-state index in [1.807, 2.05) is 6.07 Å². The fourth-order valence-electron chi connectivity index (χ4n) is 2.30. The number of pyridine rings is 1. The number of nitro groups is 1. The minimum Gasteiger partial charge on any atom is -0.348 e. The number of nitro benzene ring substituents is 1. The lowest BCUT2D eigenvalue weighted by atomic mass is 10.2. The quantitative estimate of drug-likeness (QED) is 0.509. The first-order chi connectivity index (χ1) is 13.0. The van der Waals surface area contributed by atoms with Crippen LogP contribution in [0.4, 0.5) is 10.1 Å². The van der Waals surface area contributed by atoms with Gasteiger partial charge in [0, 0.05) is 35.5 Å². The summed E-state index contributed by atoms with van der Waals surface area (Å²) in [5.74, 6) is -0.797. The Morgan fingerprint density at radius 1 is 1.19 bits per heavy atom. The second-order valence-corrected chi connectivity index (χ2v) is 6.65. The second kappa shape index (κ2) is 8.41. The molecule has 0 unspecified atom stereocenters. The molecule has 6 nitrogen and oxygen atoms in total. The van der Waals surface area contributed by atoms with Crippen LogP contribution in [-0.2, 0) is 6.54 Å². The summed E-state index contributed by atoms with van der Waals surface area (Å²) in [6.07, 6.45) is 3.26. The summed E-state index contributed by atoms with van der Waals surface area (Å²) in [5.41, 5.74) is 0.830. The molecule has 0 radical (unpaired) electrons. The van der Waals surface area contributed by atoms with Crippen molar-refractivity contribution in [2.45, 2.75) is 16.3 Å². The molecule has 0 saturated heterocycles. The van der Waals surface area contributed by atoms with E-state index in [0.717, 1.165) is 17.3 Å². The van der Waals surface area contributed by atoms with E-state index in [9.17, 15) is 19.3 Å². The van der Waals surface area contributed by atoms with Crippen molar-refractivity contribution < 1.29 is 14.1 Å². The number of aromatic nitrogens is 1. The van der Waals surface area contributed by atoms with Gasteiger partial charge in [0.1, 0.15) is 5.82 Å². The fraction of sp³-hybridized carbons (Fsp3) is 0.0526. The zero-order chi connectivity index (χ0) is 19.2. The highest BCUT2D eigenvalue weighted by atomic mass is 32.2. The minimum absolute atomic E-state index is 0.182. The molecule has 1 N–H and O–H groups in total. The maximum Gasteiger partial charge on any atom is 0.284 e. The first kappa shape index (κ1) is 18.5. The summed E-state index contributed by atoms with van der Waals surface area (Å²) < 4.78 is 13.0. The maximum atomic E-state index is 13.0. The molecular weight excluding hydrogens is 369 g/mol. The van der Waals surface area contributed by atoms with Gasteiger partial charge in [0.25, 0.3) is 11.6 Å². The van der Waals surface area contributed by atoms with Crippen LogP contribution in [0.25, 0.3) is 0 Å². The van der Waals surface area contributed by atoms with Crippen molar-refractivity contribution in [3.8, 4) is 0 Å². The summed E-state index contributed by atoms with van der Waals surface area (Å²) in [5, 5.41) is 14.1. The number of hydrogen-bond donors (Lipinski definition) is 1. The topological polar surface area (TPSA) is 85.1 Å². The van der Waals surface area contributed by atoms with Crippen LogP contribution in [0, 0.1) is 15.9 Å². The summed E-state index contributed by atoms with van der Waals surface area (Å²) >= 11 is 1.13. The monoisotopic (exact) mass is 383 g/mol. The Morgan fingerprint density at radius 2 is 1.96 bits per heavy atom. The Hall–Kier alpha value is -3.26. The van der Waals surface area contributed by atoms with Gasteiger partial charge in [-0.15, -0.1) is 0 Å². The Balaban J connectivity index is 1.77. The molecule has 0 aliphatic rings. The van der Waals surface area contributed by atoms with Crippen molar-refractivity contribution >= 4 is 23.4 Å². The molecule has 8 heteroatoms. The Labute approximate surface area is 158 Å². The van der Waals surface area contributed by atoms with E-state index < -0.39 is 10.8 Å².